The van der Waals surface area contributed by atoms with E-state index in [4.69, 9.17) is 15.2 Å². The second kappa shape index (κ2) is 15.4. The summed E-state index contributed by atoms with van der Waals surface area (Å²) in [6.45, 7) is 11.1. The minimum atomic E-state index is -0.466. The zero-order valence-electron chi connectivity index (χ0n) is 26.5. The topological polar surface area (TPSA) is 161 Å². The highest BCUT2D eigenvalue weighted by molar-refractivity contribution is 9.10. The van der Waals surface area contributed by atoms with E-state index >= 15 is 0 Å². The number of ketones is 1. The van der Waals surface area contributed by atoms with E-state index in [9.17, 15) is 14.4 Å². The Hall–Kier alpha value is -3.67. The van der Waals surface area contributed by atoms with Crippen molar-refractivity contribution < 1.29 is 23.9 Å². The quantitative estimate of drug-likeness (QED) is 0.228. The number of rotatable bonds is 2. The number of alkyl carbamates (subject to hydrolysis) is 2. The second-order valence-corrected chi connectivity index (χ2v) is 13.7. The van der Waals surface area contributed by atoms with Crippen LogP contribution in [0, 0.1) is 0 Å². The average Bonchev–Trinajstić information content (AvgIpc) is 3.28. The number of aromatic nitrogens is 3. The molecule has 5 rings (SSSR count). The molecule has 2 aliphatic carbocycles. The van der Waals surface area contributed by atoms with Gasteiger partial charge in [-0.05, 0) is 114 Å². The summed E-state index contributed by atoms with van der Waals surface area (Å²) in [4.78, 5) is 46.0. The van der Waals surface area contributed by atoms with Gasteiger partial charge in [0.15, 0.2) is 0 Å². The maximum atomic E-state index is 11.9. The Kier molecular flexibility index (Phi) is 12.2. The molecule has 3 aromatic heterocycles. The molecular weight excluding hydrogens is 628 g/mol. The van der Waals surface area contributed by atoms with Crippen molar-refractivity contribution in [3.63, 3.8) is 0 Å². The number of nitrogens with one attached hydrogen (secondary N) is 3. The van der Waals surface area contributed by atoms with Crippen molar-refractivity contribution in [3.05, 3.63) is 52.5 Å². The summed E-state index contributed by atoms with van der Waals surface area (Å²) in [6, 6.07) is 7.75. The van der Waals surface area contributed by atoms with Crippen molar-refractivity contribution >= 4 is 50.6 Å². The summed E-state index contributed by atoms with van der Waals surface area (Å²) in [7, 11) is 0. The van der Waals surface area contributed by atoms with Crippen LogP contribution in [0.4, 0.5) is 15.3 Å². The molecule has 0 aromatic carbocycles. The first kappa shape index (κ1) is 34.8. The van der Waals surface area contributed by atoms with Crippen molar-refractivity contribution in [1.29, 1.82) is 0 Å². The van der Waals surface area contributed by atoms with Gasteiger partial charge in [-0.3, -0.25) is 9.78 Å². The van der Waals surface area contributed by atoms with Gasteiger partial charge in [-0.2, -0.15) is 0 Å². The molecule has 0 spiro atoms. The van der Waals surface area contributed by atoms with Gasteiger partial charge < -0.3 is 30.8 Å². The number of carbonyl (C=O) groups is 3. The van der Waals surface area contributed by atoms with Gasteiger partial charge in [-0.25, -0.2) is 14.6 Å². The van der Waals surface area contributed by atoms with Gasteiger partial charge in [0.2, 0.25) is 0 Å². The molecule has 1 unspecified atom stereocenters. The van der Waals surface area contributed by atoms with Gasteiger partial charge in [0, 0.05) is 48.6 Å². The van der Waals surface area contributed by atoms with Crippen molar-refractivity contribution in [3.8, 4) is 0 Å². The second-order valence-electron chi connectivity index (χ2n) is 12.9. The number of hydrogen-bond donors (Lipinski definition) is 4. The number of ether oxygens (including phenoxy) is 2. The number of nitrogens with zero attached hydrogens (tertiary/aromatic N) is 2. The minimum absolute atomic E-state index is 0.0950. The normalized spacial score (nSPS) is 16.8. The van der Waals surface area contributed by atoms with Crippen LogP contribution in [0.25, 0.3) is 11.0 Å². The van der Waals surface area contributed by atoms with E-state index in [1.54, 1.807) is 24.5 Å². The molecule has 0 radical (unpaired) electrons. The van der Waals surface area contributed by atoms with E-state index in [0.29, 0.717) is 23.1 Å². The molecule has 0 bridgehead atoms. The Morgan fingerprint density at radius 3 is 1.98 bits per heavy atom. The molecule has 240 valence electrons. The molecule has 2 amide bonds. The molecule has 1 atom stereocenters. The van der Waals surface area contributed by atoms with E-state index in [0.717, 1.165) is 43.1 Å². The molecule has 0 saturated heterocycles. The lowest BCUT2D eigenvalue weighted by atomic mass is 9.93. The monoisotopic (exact) mass is 672 g/mol. The maximum absolute atomic E-state index is 11.9. The molecule has 5 N–H and O–H groups in total. The molecule has 12 heteroatoms. The Bertz CT molecular complexity index is 1400. The third-order valence-corrected chi connectivity index (χ3v) is 7.37. The Labute approximate surface area is 267 Å². The number of amides is 2. The number of aryl methyl sites for hydroxylation is 1. The molecule has 1 fully saturated rings. The van der Waals surface area contributed by atoms with Crippen molar-refractivity contribution in [2.45, 2.75) is 110 Å². The lowest BCUT2D eigenvalue weighted by molar-refractivity contribution is -0.120. The Morgan fingerprint density at radius 2 is 1.43 bits per heavy atom. The first-order chi connectivity index (χ1) is 20.6. The summed E-state index contributed by atoms with van der Waals surface area (Å²) in [5.41, 5.74) is 9.70. The molecule has 11 nitrogen and oxygen atoms in total. The van der Waals surface area contributed by atoms with Crippen LogP contribution in [0.15, 0.2) is 41.3 Å². The molecule has 3 heterocycles. The van der Waals surface area contributed by atoms with Crippen molar-refractivity contribution in [2.24, 2.45) is 0 Å². The molecule has 44 heavy (non-hydrogen) atoms. The number of Topliss-reactive ketones (excluding diaryl/α,β-unsaturated/α-hetero) is 1. The number of fused-ring (bicyclic) bond motifs is 3. The summed E-state index contributed by atoms with van der Waals surface area (Å²) in [6.07, 6.45) is 8.00. The highest BCUT2D eigenvalue weighted by Crippen LogP contribution is 2.28. The van der Waals surface area contributed by atoms with Crippen LogP contribution in [-0.2, 0) is 27.1 Å². The SMILES string of the molecule is CC(C)(C)OC(=O)NC1CCC(=O)CC1.CC(C)(C)OC(=O)NC1CCc2[nH]c3cccnc3c2C1.Nc1cccnc1Br. The maximum Gasteiger partial charge on any atom is 0.407 e. The van der Waals surface area contributed by atoms with Gasteiger partial charge in [0.25, 0.3) is 0 Å². The summed E-state index contributed by atoms with van der Waals surface area (Å²) in [5.74, 6) is 0.289. The minimum Gasteiger partial charge on any atom is -0.444 e. The first-order valence-electron chi connectivity index (χ1n) is 14.9. The fourth-order valence-corrected chi connectivity index (χ4v) is 5.03. The van der Waals surface area contributed by atoms with E-state index < -0.39 is 11.2 Å². The van der Waals surface area contributed by atoms with Crippen LogP contribution in [0.3, 0.4) is 0 Å². The largest absolute Gasteiger partial charge is 0.444 e. The first-order valence-corrected chi connectivity index (χ1v) is 15.7. The fourth-order valence-electron chi connectivity index (χ4n) is 4.78. The van der Waals surface area contributed by atoms with Crippen LogP contribution in [-0.4, -0.2) is 56.2 Å². The fraction of sp³-hybridized carbons (Fsp3) is 0.531. The Balaban J connectivity index is 0.000000200. The molecule has 1 saturated carbocycles. The molecular formula is C32H45BrN6O5. The van der Waals surface area contributed by atoms with E-state index in [1.807, 2.05) is 53.7 Å². The van der Waals surface area contributed by atoms with Crippen LogP contribution in [0.1, 0.15) is 84.9 Å². The number of aromatic amines is 1. The number of nitrogens with two attached hydrogens (primary N) is 1. The third-order valence-electron chi connectivity index (χ3n) is 6.71. The van der Waals surface area contributed by atoms with Crippen LogP contribution in [0.2, 0.25) is 0 Å². The zero-order chi connectivity index (χ0) is 32.5. The van der Waals surface area contributed by atoms with Crippen LogP contribution < -0.4 is 16.4 Å². The highest BCUT2D eigenvalue weighted by Gasteiger charge is 2.26. The summed E-state index contributed by atoms with van der Waals surface area (Å²) >= 11 is 3.16. The van der Waals surface area contributed by atoms with Crippen LogP contribution in [0.5, 0.6) is 0 Å². The molecule has 3 aromatic rings. The Morgan fingerprint density at radius 1 is 0.886 bits per heavy atom. The van der Waals surface area contributed by atoms with Crippen molar-refractivity contribution in [2.75, 3.05) is 5.73 Å². The average molecular weight is 674 g/mol. The van der Waals surface area contributed by atoms with Crippen LogP contribution >= 0.6 is 15.9 Å². The number of anilines is 1. The smallest absolute Gasteiger partial charge is 0.407 e. The van der Waals surface area contributed by atoms with Gasteiger partial charge in [-0.1, -0.05) is 0 Å². The van der Waals surface area contributed by atoms with E-state index in [-0.39, 0.29) is 30.1 Å². The number of halogens is 1. The lowest BCUT2D eigenvalue weighted by Gasteiger charge is -2.26. The predicted molar refractivity (Wildman–Crippen MR) is 174 cm³/mol. The number of H-pyrrole nitrogens is 1. The van der Waals surface area contributed by atoms with Gasteiger partial charge in [-0.15, -0.1) is 0 Å². The summed E-state index contributed by atoms with van der Waals surface area (Å²) < 4.78 is 11.2. The standard InChI is InChI=1S/C16H21N3O2.C11H19NO3.C5H5BrN2/c1-16(2,3)21-15(20)18-10-6-7-12-11(9-10)14-13(19-12)5-4-8-17-14;1-11(2,3)15-10(14)12-8-4-6-9(13)7-5-8;6-5-4(7)2-1-3-8-5/h4-5,8,10,19H,6-7,9H2,1-3H3,(H,18,20);8H,4-7H2,1-3H3,(H,12,14);1-3H,7H2. The highest BCUT2D eigenvalue weighted by atomic mass is 79.9. The van der Waals surface area contributed by atoms with Gasteiger partial charge in [0.1, 0.15) is 21.6 Å². The van der Waals surface area contributed by atoms with Crippen molar-refractivity contribution in [1.82, 2.24) is 25.6 Å². The van der Waals surface area contributed by atoms with E-state index in [1.165, 1.54) is 11.3 Å². The third kappa shape index (κ3) is 11.8. The number of carbonyl (C=O) groups excluding carboxylic acids is 3. The number of nitrogen functional groups attached to an aromatic ring is 1. The molecule has 0 aliphatic heterocycles. The zero-order valence-corrected chi connectivity index (χ0v) is 28.0. The number of hydrogen-bond acceptors (Lipinski definition) is 8. The molecule has 2 aliphatic rings. The van der Waals surface area contributed by atoms with Gasteiger partial charge in [0.05, 0.1) is 16.7 Å². The number of pyridine rings is 2. The van der Waals surface area contributed by atoms with Gasteiger partial charge >= 0.3 is 12.2 Å². The van der Waals surface area contributed by atoms with E-state index in [2.05, 4.69) is 41.5 Å². The lowest BCUT2D eigenvalue weighted by Crippen LogP contribution is -2.41. The summed E-state index contributed by atoms with van der Waals surface area (Å²) in [5, 5.41) is 5.75. The predicted octanol–water partition coefficient (Wildman–Crippen LogP) is 6.39.